The van der Waals surface area contributed by atoms with Gasteiger partial charge in [-0.15, -0.1) is 0 Å². The zero-order valence-corrected chi connectivity index (χ0v) is 15.9. The predicted octanol–water partition coefficient (Wildman–Crippen LogP) is 3.30. The van der Waals surface area contributed by atoms with Gasteiger partial charge in [0.15, 0.2) is 9.84 Å². The summed E-state index contributed by atoms with van der Waals surface area (Å²) in [5.74, 6) is 1.85. The van der Waals surface area contributed by atoms with E-state index in [4.69, 9.17) is 4.42 Å². The molecule has 1 unspecified atom stereocenters. The molecule has 2 heterocycles. The van der Waals surface area contributed by atoms with Crippen LogP contribution >= 0.6 is 0 Å². The van der Waals surface area contributed by atoms with E-state index < -0.39 is 9.84 Å². The van der Waals surface area contributed by atoms with E-state index >= 15 is 0 Å². The van der Waals surface area contributed by atoms with Crippen molar-refractivity contribution in [3.05, 3.63) is 48.2 Å². The Balaban J connectivity index is 1.61. The number of sulfone groups is 1. The Morgan fingerprint density at radius 3 is 2.62 bits per heavy atom. The minimum absolute atomic E-state index is 0.00612. The summed E-state index contributed by atoms with van der Waals surface area (Å²) < 4.78 is 29.3. The summed E-state index contributed by atoms with van der Waals surface area (Å²) in [7, 11) is -3.00. The van der Waals surface area contributed by atoms with E-state index in [9.17, 15) is 13.2 Å². The number of rotatable bonds is 7. The van der Waals surface area contributed by atoms with Gasteiger partial charge < -0.3 is 9.32 Å². The Bertz CT molecular complexity index is 842. The van der Waals surface area contributed by atoms with E-state index in [1.165, 1.54) is 0 Å². The summed E-state index contributed by atoms with van der Waals surface area (Å²) >= 11 is 0. The lowest BCUT2D eigenvalue weighted by Gasteiger charge is -2.28. The molecule has 1 aromatic heterocycles. The summed E-state index contributed by atoms with van der Waals surface area (Å²) in [6.07, 6.45) is 2.22. The minimum Gasteiger partial charge on any atom is -0.461 e. The topological polar surface area (TPSA) is 67.6 Å². The molecule has 6 heteroatoms. The van der Waals surface area contributed by atoms with Crippen LogP contribution in [0.25, 0.3) is 11.3 Å². The smallest absolute Gasteiger partial charge is 0.223 e. The number of nitrogens with zero attached hydrogens (tertiary/aromatic N) is 1. The van der Waals surface area contributed by atoms with Crippen molar-refractivity contribution in [2.45, 2.75) is 38.6 Å². The number of furan rings is 1. The highest BCUT2D eigenvalue weighted by Gasteiger charge is 2.34. The van der Waals surface area contributed by atoms with E-state index in [1.54, 1.807) is 4.90 Å². The maximum Gasteiger partial charge on any atom is 0.223 e. The highest BCUT2D eigenvalue weighted by Crippen LogP contribution is 2.23. The summed E-state index contributed by atoms with van der Waals surface area (Å²) in [5.41, 5.74) is 1.01. The highest BCUT2D eigenvalue weighted by atomic mass is 32.2. The molecule has 1 amide bonds. The van der Waals surface area contributed by atoms with Crippen molar-refractivity contribution in [3.63, 3.8) is 0 Å². The van der Waals surface area contributed by atoms with Crippen LogP contribution in [0.2, 0.25) is 0 Å². The number of carbonyl (C=O) groups is 1. The summed E-state index contributed by atoms with van der Waals surface area (Å²) in [6, 6.07) is 13.5. The van der Waals surface area contributed by atoms with Gasteiger partial charge in [-0.1, -0.05) is 37.3 Å². The van der Waals surface area contributed by atoms with Gasteiger partial charge in [0.05, 0.1) is 11.5 Å². The fraction of sp³-hybridized carbons (Fsp3) is 0.450. The third kappa shape index (κ3) is 4.55. The number of hydrogen-bond donors (Lipinski definition) is 0. The number of hydrogen-bond acceptors (Lipinski definition) is 4. The Morgan fingerprint density at radius 2 is 1.96 bits per heavy atom. The minimum atomic E-state index is -3.00. The third-order valence-electron chi connectivity index (χ3n) is 4.74. The molecule has 1 aromatic carbocycles. The largest absolute Gasteiger partial charge is 0.461 e. The Morgan fingerprint density at radius 1 is 1.19 bits per heavy atom. The van der Waals surface area contributed by atoms with Crippen LogP contribution in [0.1, 0.15) is 31.9 Å². The van der Waals surface area contributed by atoms with Crippen molar-refractivity contribution in [2.75, 3.05) is 18.1 Å². The quantitative estimate of drug-likeness (QED) is 0.745. The van der Waals surface area contributed by atoms with Gasteiger partial charge in [-0.05, 0) is 25.0 Å². The number of benzene rings is 1. The molecule has 5 nitrogen and oxygen atoms in total. The lowest BCUT2D eigenvalue weighted by molar-refractivity contribution is -0.133. The van der Waals surface area contributed by atoms with Gasteiger partial charge in [-0.2, -0.15) is 0 Å². The van der Waals surface area contributed by atoms with E-state index in [0.29, 0.717) is 25.8 Å². The van der Waals surface area contributed by atoms with Crippen molar-refractivity contribution < 1.29 is 17.6 Å². The highest BCUT2D eigenvalue weighted by molar-refractivity contribution is 7.91. The number of aryl methyl sites for hydroxylation is 1. The molecule has 1 atom stereocenters. The summed E-state index contributed by atoms with van der Waals surface area (Å²) in [6.45, 7) is 2.61. The standard InChI is InChI=1S/C20H25NO4S/c1-2-13-21(17-12-14-26(23,24)15-17)20(22)11-9-18-8-10-19(25-18)16-6-4-3-5-7-16/h3-8,10,17H,2,9,11-15H2,1H3. The second-order valence-electron chi connectivity index (χ2n) is 6.78. The van der Waals surface area contributed by atoms with Gasteiger partial charge in [-0.3, -0.25) is 4.79 Å². The first-order valence-corrected chi connectivity index (χ1v) is 10.9. The summed E-state index contributed by atoms with van der Waals surface area (Å²) in [4.78, 5) is 14.4. The lowest BCUT2D eigenvalue weighted by atomic mass is 10.1. The third-order valence-corrected chi connectivity index (χ3v) is 6.49. The van der Waals surface area contributed by atoms with E-state index in [1.807, 2.05) is 49.4 Å². The maximum atomic E-state index is 12.7. The molecule has 26 heavy (non-hydrogen) atoms. The van der Waals surface area contributed by atoms with E-state index in [2.05, 4.69) is 0 Å². The molecule has 0 saturated carbocycles. The van der Waals surface area contributed by atoms with Crippen molar-refractivity contribution in [3.8, 4) is 11.3 Å². The molecular formula is C20H25NO4S. The average molecular weight is 375 g/mol. The molecule has 1 aliphatic rings. The van der Waals surface area contributed by atoms with Crippen LogP contribution < -0.4 is 0 Å². The Labute approximate surface area is 154 Å². The van der Waals surface area contributed by atoms with Gasteiger partial charge >= 0.3 is 0 Å². The van der Waals surface area contributed by atoms with E-state index in [0.717, 1.165) is 23.5 Å². The molecule has 1 saturated heterocycles. The van der Waals surface area contributed by atoms with Crippen LogP contribution in [-0.4, -0.2) is 43.3 Å². The molecule has 0 radical (unpaired) electrons. The van der Waals surface area contributed by atoms with Gasteiger partial charge in [0.1, 0.15) is 11.5 Å². The van der Waals surface area contributed by atoms with Crippen LogP contribution in [0.3, 0.4) is 0 Å². The van der Waals surface area contributed by atoms with Crippen LogP contribution in [0, 0.1) is 0 Å². The fourth-order valence-corrected chi connectivity index (χ4v) is 5.15. The zero-order chi connectivity index (χ0) is 18.6. The number of amides is 1. The lowest BCUT2D eigenvalue weighted by Crippen LogP contribution is -2.41. The molecule has 140 valence electrons. The first kappa shape index (κ1) is 18.7. The Kier molecular flexibility index (Phi) is 5.81. The molecule has 1 fully saturated rings. The monoisotopic (exact) mass is 375 g/mol. The normalized spacial score (nSPS) is 18.7. The summed E-state index contributed by atoms with van der Waals surface area (Å²) in [5, 5.41) is 0. The van der Waals surface area contributed by atoms with Crippen LogP contribution in [-0.2, 0) is 21.1 Å². The number of carbonyl (C=O) groups excluding carboxylic acids is 1. The molecule has 3 rings (SSSR count). The molecular weight excluding hydrogens is 350 g/mol. The molecule has 0 bridgehead atoms. The van der Waals surface area contributed by atoms with Gasteiger partial charge in [0.25, 0.3) is 0 Å². The predicted molar refractivity (Wildman–Crippen MR) is 102 cm³/mol. The van der Waals surface area contributed by atoms with Crippen LogP contribution in [0.5, 0.6) is 0 Å². The van der Waals surface area contributed by atoms with E-state index in [-0.39, 0.29) is 23.5 Å². The van der Waals surface area contributed by atoms with Crippen molar-refractivity contribution in [1.29, 1.82) is 0 Å². The molecule has 0 spiro atoms. The average Bonchev–Trinajstić information content (AvgIpc) is 3.24. The van der Waals surface area contributed by atoms with Crippen molar-refractivity contribution in [2.24, 2.45) is 0 Å². The fourth-order valence-electron chi connectivity index (χ4n) is 3.42. The second-order valence-corrected chi connectivity index (χ2v) is 9.00. The molecule has 2 aromatic rings. The van der Waals surface area contributed by atoms with Crippen LogP contribution in [0.4, 0.5) is 0 Å². The van der Waals surface area contributed by atoms with Crippen LogP contribution in [0.15, 0.2) is 46.9 Å². The molecule has 0 aliphatic carbocycles. The molecule has 1 aliphatic heterocycles. The SMILES string of the molecule is CCCN(C(=O)CCc1ccc(-c2ccccc2)o1)C1CCS(=O)(=O)C1. The van der Waals surface area contributed by atoms with Crippen molar-refractivity contribution in [1.82, 2.24) is 4.90 Å². The maximum absolute atomic E-state index is 12.7. The van der Waals surface area contributed by atoms with Gasteiger partial charge in [-0.25, -0.2) is 8.42 Å². The second kappa shape index (κ2) is 8.08. The zero-order valence-electron chi connectivity index (χ0n) is 15.1. The first-order chi connectivity index (χ1) is 12.5. The Hall–Kier alpha value is -2.08. The van der Waals surface area contributed by atoms with Gasteiger partial charge in [0, 0.05) is 31.0 Å². The van der Waals surface area contributed by atoms with Gasteiger partial charge in [0.2, 0.25) is 5.91 Å². The van der Waals surface area contributed by atoms with Crippen molar-refractivity contribution >= 4 is 15.7 Å². The molecule has 0 N–H and O–H groups in total. The first-order valence-electron chi connectivity index (χ1n) is 9.12.